The number of rotatable bonds is 5. The van der Waals surface area contributed by atoms with Gasteiger partial charge in [-0.1, -0.05) is 24.3 Å². The van der Waals surface area contributed by atoms with Crippen LogP contribution in [0, 0.1) is 17.0 Å². The number of nitrogens with zero attached hydrogens (tertiary/aromatic N) is 1. The Labute approximate surface area is 128 Å². The number of nitro groups is 1. The van der Waals surface area contributed by atoms with Crippen LogP contribution in [0.4, 0.5) is 5.69 Å². The molecule has 5 nitrogen and oxygen atoms in total. The van der Waals surface area contributed by atoms with Crippen LogP contribution in [0.15, 0.2) is 48.5 Å². The van der Waals surface area contributed by atoms with Gasteiger partial charge < -0.3 is 4.74 Å². The Bertz CT molecular complexity index is 750. The molecule has 112 valence electrons. The number of aryl methyl sites for hydroxylation is 1. The molecule has 0 aliphatic carbocycles. The molecular weight excluding hydrogens is 282 g/mol. The number of non-ortho nitro benzene ring substituents is 1. The predicted octanol–water partition coefficient (Wildman–Crippen LogP) is 3.81. The molecule has 0 saturated carbocycles. The van der Waals surface area contributed by atoms with Gasteiger partial charge in [0, 0.05) is 17.7 Å². The van der Waals surface area contributed by atoms with Crippen molar-refractivity contribution in [2.75, 3.05) is 7.11 Å². The highest BCUT2D eigenvalue weighted by Gasteiger charge is 2.09. The standard InChI is InChI=1S/C17H15NO4/c1-12-10-13(7-9-17(12)22-2)6-8-16(19)14-4-3-5-15(11-14)18(20)21/h3-11H,1-2H3/b8-6+. The van der Waals surface area contributed by atoms with Crippen LogP contribution in [-0.2, 0) is 0 Å². The Morgan fingerprint density at radius 1 is 1.23 bits per heavy atom. The first-order valence-electron chi connectivity index (χ1n) is 6.63. The summed E-state index contributed by atoms with van der Waals surface area (Å²) in [5.41, 5.74) is 2.01. The summed E-state index contributed by atoms with van der Waals surface area (Å²) >= 11 is 0. The van der Waals surface area contributed by atoms with Crippen LogP contribution in [0.1, 0.15) is 21.5 Å². The molecule has 0 aliphatic heterocycles. The molecule has 0 aromatic heterocycles. The summed E-state index contributed by atoms with van der Waals surface area (Å²) in [6.45, 7) is 1.92. The maximum absolute atomic E-state index is 12.1. The van der Waals surface area contributed by atoms with Crippen LogP contribution in [0.5, 0.6) is 5.75 Å². The van der Waals surface area contributed by atoms with Gasteiger partial charge >= 0.3 is 0 Å². The van der Waals surface area contributed by atoms with E-state index in [0.29, 0.717) is 0 Å². The first-order valence-corrected chi connectivity index (χ1v) is 6.63. The van der Waals surface area contributed by atoms with Crippen LogP contribution < -0.4 is 4.74 Å². The highest BCUT2D eigenvalue weighted by atomic mass is 16.6. The van der Waals surface area contributed by atoms with Crippen molar-refractivity contribution < 1.29 is 14.5 Å². The molecule has 0 N–H and O–H groups in total. The maximum atomic E-state index is 12.1. The third kappa shape index (κ3) is 3.58. The Morgan fingerprint density at radius 3 is 2.64 bits per heavy atom. The third-order valence-electron chi connectivity index (χ3n) is 3.19. The van der Waals surface area contributed by atoms with Crippen molar-refractivity contribution in [1.82, 2.24) is 0 Å². The van der Waals surface area contributed by atoms with Crippen LogP contribution >= 0.6 is 0 Å². The molecule has 0 amide bonds. The number of nitro benzene ring substituents is 1. The predicted molar refractivity (Wildman–Crippen MR) is 84.2 cm³/mol. The molecule has 0 radical (unpaired) electrons. The fourth-order valence-electron chi connectivity index (χ4n) is 2.05. The van der Waals surface area contributed by atoms with E-state index >= 15 is 0 Å². The van der Waals surface area contributed by atoms with E-state index in [0.717, 1.165) is 16.9 Å². The first-order chi connectivity index (χ1) is 10.5. The van der Waals surface area contributed by atoms with Crippen LogP contribution in [0.3, 0.4) is 0 Å². The van der Waals surface area contributed by atoms with Crippen molar-refractivity contribution in [2.45, 2.75) is 6.92 Å². The zero-order chi connectivity index (χ0) is 16.1. The molecule has 0 atom stereocenters. The molecule has 0 bridgehead atoms. The van der Waals surface area contributed by atoms with Gasteiger partial charge in [0.25, 0.3) is 5.69 Å². The van der Waals surface area contributed by atoms with Gasteiger partial charge in [0.05, 0.1) is 12.0 Å². The SMILES string of the molecule is COc1ccc(/C=C/C(=O)c2cccc([N+](=O)[O-])c2)cc1C. The molecule has 5 heteroatoms. The van der Waals surface area contributed by atoms with Crippen molar-refractivity contribution in [1.29, 1.82) is 0 Å². The average Bonchev–Trinajstić information content (AvgIpc) is 2.52. The number of hydrogen-bond donors (Lipinski definition) is 0. The van der Waals surface area contributed by atoms with Gasteiger partial charge in [-0.2, -0.15) is 0 Å². The fourth-order valence-corrected chi connectivity index (χ4v) is 2.05. The van der Waals surface area contributed by atoms with E-state index in [1.165, 1.54) is 24.3 Å². The number of hydrogen-bond acceptors (Lipinski definition) is 4. The molecule has 0 unspecified atom stereocenters. The van der Waals surface area contributed by atoms with Gasteiger partial charge in [-0.3, -0.25) is 14.9 Å². The first kappa shape index (κ1) is 15.4. The zero-order valence-corrected chi connectivity index (χ0v) is 12.3. The van der Waals surface area contributed by atoms with Gasteiger partial charge in [-0.25, -0.2) is 0 Å². The zero-order valence-electron chi connectivity index (χ0n) is 12.3. The summed E-state index contributed by atoms with van der Waals surface area (Å²) in [6, 6.07) is 11.2. The van der Waals surface area contributed by atoms with Gasteiger partial charge in [0.1, 0.15) is 5.75 Å². The maximum Gasteiger partial charge on any atom is 0.270 e. The number of ether oxygens (including phenoxy) is 1. The van der Waals surface area contributed by atoms with E-state index in [2.05, 4.69) is 0 Å². The minimum Gasteiger partial charge on any atom is -0.496 e. The van der Waals surface area contributed by atoms with Gasteiger partial charge in [-0.15, -0.1) is 0 Å². The summed E-state index contributed by atoms with van der Waals surface area (Å²) < 4.78 is 5.18. The molecule has 2 aromatic carbocycles. The lowest BCUT2D eigenvalue weighted by Crippen LogP contribution is -1.96. The number of benzene rings is 2. The number of carbonyl (C=O) groups is 1. The molecule has 0 saturated heterocycles. The Kier molecular flexibility index (Phi) is 4.68. The van der Waals surface area contributed by atoms with Crippen molar-refractivity contribution in [2.24, 2.45) is 0 Å². The lowest BCUT2D eigenvalue weighted by molar-refractivity contribution is -0.384. The second-order valence-corrected chi connectivity index (χ2v) is 4.73. The van der Waals surface area contributed by atoms with E-state index in [1.807, 2.05) is 25.1 Å². The van der Waals surface area contributed by atoms with Crippen LogP contribution in [0.25, 0.3) is 6.08 Å². The Balaban J connectivity index is 2.19. The molecule has 2 aromatic rings. The molecular formula is C17H15NO4. The van der Waals surface area contributed by atoms with Crippen LogP contribution in [0.2, 0.25) is 0 Å². The quantitative estimate of drug-likeness (QED) is 0.364. The number of carbonyl (C=O) groups excluding carboxylic acids is 1. The molecule has 0 fully saturated rings. The molecule has 0 spiro atoms. The molecule has 0 aliphatic rings. The highest BCUT2D eigenvalue weighted by molar-refractivity contribution is 6.07. The molecule has 0 heterocycles. The van der Waals surface area contributed by atoms with E-state index in [-0.39, 0.29) is 17.0 Å². The summed E-state index contributed by atoms with van der Waals surface area (Å²) in [7, 11) is 1.60. The fraction of sp³-hybridized carbons (Fsp3) is 0.118. The monoisotopic (exact) mass is 297 g/mol. The number of ketones is 1. The van der Waals surface area contributed by atoms with E-state index in [9.17, 15) is 14.9 Å². The topological polar surface area (TPSA) is 69.4 Å². The molecule has 22 heavy (non-hydrogen) atoms. The number of allylic oxidation sites excluding steroid dienone is 1. The summed E-state index contributed by atoms with van der Waals surface area (Å²) in [4.78, 5) is 22.3. The van der Waals surface area contributed by atoms with Gasteiger partial charge in [0.15, 0.2) is 5.78 Å². The number of methoxy groups -OCH3 is 1. The Hall–Kier alpha value is -2.95. The van der Waals surface area contributed by atoms with Crippen molar-refractivity contribution in [3.8, 4) is 5.75 Å². The lowest BCUT2D eigenvalue weighted by Gasteiger charge is -2.04. The average molecular weight is 297 g/mol. The lowest BCUT2D eigenvalue weighted by atomic mass is 10.1. The van der Waals surface area contributed by atoms with E-state index < -0.39 is 4.92 Å². The normalized spacial score (nSPS) is 10.6. The Morgan fingerprint density at radius 2 is 2.00 bits per heavy atom. The van der Waals surface area contributed by atoms with Crippen molar-refractivity contribution in [3.05, 3.63) is 75.3 Å². The summed E-state index contributed by atoms with van der Waals surface area (Å²) in [5.74, 6) is 0.499. The summed E-state index contributed by atoms with van der Waals surface area (Å²) in [5, 5.41) is 10.7. The summed E-state index contributed by atoms with van der Waals surface area (Å²) in [6.07, 6.45) is 3.08. The van der Waals surface area contributed by atoms with Gasteiger partial charge in [-0.05, 0) is 36.3 Å². The molecule has 2 rings (SSSR count). The minimum atomic E-state index is -0.521. The highest BCUT2D eigenvalue weighted by Crippen LogP contribution is 2.19. The van der Waals surface area contributed by atoms with Crippen LogP contribution in [-0.4, -0.2) is 17.8 Å². The van der Waals surface area contributed by atoms with Gasteiger partial charge in [0.2, 0.25) is 0 Å². The minimum absolute atomic E-state index is 0.0976. The second-order valence-electron chi connectivity index (χ2n) is 4.73. The van der Waals surface area contributed by atoms with E-state index in [1.54, 1.807) is 19.3 Å². The van der Waals surface area contributed by atoms with Crippen molar-refractivity contribution in [3.63, 3.8) is 0 Å². The van der Waals surface area contributed by atoms with Crippen molar-refractivity contribution >= 4 is 17.5 Å². The van der Waals surface area contributed by atoms with E-state index in [4.69, 9.17) is 4.74 Å². The second kappa shape index (κ2) is 6.67. The smallest absolute Gasteiger partial charge is 0.270 e. The largest absolute Gasteiger partial charge is 0.496 e. The third-order valence-corrected chi connectivity index (χ3v) is 3.19.